The molecule has 0 radical (unpaired) electrons. The third kappa shape index (κ3) is 3.72. The minimum atomic E-state index is 0.588. The Balaban J connectivity index is 2.09. The maximum atomic E-state index is 5.09. The molecule has 0 amide bonds. The van der Waals surface area contributed by atoms with Crippen LogP contribution in [0.15, 0.2) is 6.20 Å². The van der Waals surface area contributed by atoms with Crippen LogP contribution >= 0.6 is 0 Å². The summed E-state index contributed by atoms with van der Waals surface area (Å²) in [7, 11) is 1.73. The van der Waals surface area contributed by atoms with Gasteiger partial charge in [-0.2, -0.15) is 0 Å². The first kappa shape index (κ1) is 14.4. The van der Waals surface area contributed by atoms with Crippen LogP contribution in [0.25, 0.3) is 0 Å². The van der Waals surface area contributed by atoms with Crippen molar-refractivity contribution in [2.45, 2.75) is 46.1 Å². The largest absolute Gasteiger partial charge is 0.383 e. The van der Waals surface area contributed by atoms with Crippen molar-refractivity contribution in [1.82, 2.24) is 9.55 Å². The Hall–Kier alpha value is -1.03. The minimum absolute atomic E-state index is 0.588. The summed E-state index contributed by atoms with van der Waals surface area (Å²) in [5.41, 5.74) is 1.09. The fraction of sp³-hybridized carbons (Fsp3) is 0.800. The van der Waals surface area contributed by atoms with Crippen molar-refractivity contribution in [3.63, 3.8) is 0 Å². The lowest BCUT2D eigenvalue weighted by atomic mass is 9.80. The van der Waals surface area contributed by atoms with Gasteiger partial charge in [0.1, 0.15) is 0 Å². The molecule has 0 aromatic carbocycles. The molecule has 4 nitrogen and oxygen atoms in total. The Kier molecular flexibility index (Phi) is 4.86. The highest BCUT2D eigenvalue weighted by atomic mass is 16.5. The summed E-state index contributed by atoms with van der Waals surface area (Å²) in [6.45, 7) is 8.32. The number of hydrogen-bond donors (Lipinski definition) is 1. The molecule has 2 rings (SSSR count). The molecular weight excluding hydrogens is 238 g/mol. The molecule has 0 aliphatic heterocycles. The number of nitrogens with one attached hydrogen (secondary N) is 1. The van der Waals surface area contributed by atoms with Gasteiger partial charge in [-0.1, -0.05) is 13.8 Å². The second-order valence-corrected chi connectivity index (χ2v) is 6.10. The third-order valence-electron chi connectivity index (χ3n) is 3.99. The highest BCUT2D eigenvalue weighted by Crippen LogP contribution is 2.37. The quantitative estimate of drug-likeness (QED) is 0.831. The van der Waals surface area contributed by atoms with E-state index in [0.717, 1.165) is 30.0 Å². The van der Waals surface area contributed by atoms with Crippen LogP contribution in [0.1, 0.15) is 44.8 Å². The fourth-order valence-electron chi connectivity index (χ4n) is 3.32. The first-order valence-corrected chi connectivity index (χ1v) is 7.38. The maximum Gasteiger partial charge on any atom is 0.203 e. The fourth-order valence-corrected chi connectivity index (χ4v) is 3.32. The van der Waals surface area contributed by atoms with E-state index in [9.17, 15) is 0 Å². The van der Waals surface area contributed by atoms with Gasteiger partial charge in [0.2, 0.25) is 5.95 Å². The SMILES string of the molecule is COCCNc1nc(C)cn1C1CC(C)CC(C)C1. The van der Waals surface area contributed by atoms with E-state index in [4.69, 9.17) is 4.74 Å². The Morgan fingerprint density at radius 2 is 2.00 bits per heavy atom. The first-order valence-electron chi connectivity index (χ1n) is 7.38. The van der Waals surface area contributed by atoms with Crippen LogP contribution in [-0.4, -0.2) is 29.8 Å². The Morgan fingerprint density at radius 3 is 2.63 bits per heavy atom. The summed E-state index contributed by atoms with van der Waals surface area (Å²) >= 11 is 0. The number of aryl methyl sites for hydroxylation is 1. The molecule has 1 N–H and O–H groups in total. The van der Waals surface area contributed by atoms with Gasteiger partial charge >= 0.3 is 0 Å². The highest BCUT2D eigenvalue weighted by Gasteiger charge is 2.26. The van der Waals surface area contributed by atoms with Crippen molar-refractivity contribution in [3.8, 4) is 0 Å². The maximum absolute atomic E-state index is 5.09. The van der Waals surface area contributed by atoms with E-state index in [1.165, 1.54) is 19.3 Å². The zero-order valence-electron chi connectivity index (χ0n) is 12.6. The smallest absolute Gasteiger partial charge is 0.203 e. The molecule has 4 heteroatoms. The van der Waals surface area contributed by atoms with Crippen LogP contribution < -0.4 is 5.32 Å². The molecule has 2 atom stereocenters. The van der Waals surface area contributed by atoms with Crippen molar-refractivity contribution in [3.05, 3.63) is 11.9 Å². The van der Waals surface area contributed by atoms with Crippen LogP contribution in [0.3, 0.4) is 0 Å². The van der Waals surface area contributed by atoms with Gasteiger partial charge in [0.15, 0.2) is 0 Å². The van der Waals surface area contributed by atoms with E-state index in [-0.39, 0.29) is 0 Å². The van der Waals surface area contributed by atoms with Gasteiger partial charge in [-0.15, -0.1) is 0 Å². The first-order chi connectivity index (χ1) is 9.10. The lowest BCUT2D eigenvalue weighted by Gasteiger charge is -2.33. The van der Waals surface area contributed by atoms with Gasteiger partial charge in [0.25, 0.3) is 0 Å². The number of imidazole rings is 1. The van der Waals surface area contributed by atoms with Crippen molar-refractivity contribution in [1.29, 1.82) is 0 Å². The lowest BCUT2D eigenvalue weighted by Crippen LogP contribution is -2.24. The standard InChI is InChI=1S/C15H27N3O/c1-11-7-12(2)9-14(8-11)18-10-13(3)17-15(18)16-5-6-19-4/h10-12,14H,5-9H2,1-4H3,(H,16,17). The number of nitrogens with zero attached hydrogens (tertiary/aromatic N) is 2. The Labute approximate surface area is 116 Å². The van der Waals surface area contributed by atoms with Crippen LogP contribution in [0.2, 0.25) is 0 Å². The molecule has 19 heavy (non-hydrogen) atoms. The molecule has 1 aliphatic rings. The summed E-state index contributed by atoms with van der Waals surface area (Å²) in [5, 5.41) is 3.39. The van der Waals surface area contributed by atoms with Gasteiger partial charge in [-0.05, 0) is 38.0 Å². The van der Waals surface area contributed by atoms with Gasteiger partial charge in [-0.25, -0.2) is 4.98 Å². The van der Waals surface area contributed by atoms with Crippen LogP contribution in [0.4, 0.5) is 5.95 Å². The van der Waals surface area contributed by atoms with E-state index in [2.05, 4.69) is 41.8 Å². The van der Waals surface area contributed by atoms with E-state index in [1.807, 2.05) is 0 Å². The van der Waals surface area contributed by atoms with Gasteiger partial charge < -0.3 is 14.6 Å². The minimum Gasteiger partial charge on any atom is -0.383 e. The van der Waals surface area contributed by atoms with Crippen molar-refractivity contribution in [2.24, 2.45) is 11.8 Å². The average Bonchev–Trinajstić information content (AvgIpc) is 2.70. The lowest BCUT2D eigenvalue weighted by molar-refractivity contribution is 0.209. The molecule has 108 valence electrons. The zero-order chi connectivity index (χ0) is 13.8. The molecule has 1 aliphatic carbocycles. The summed E-state index contributed by atoms with van der Waals surface area (Å²) in [6, 6.07) is 0.588. The summed E-state index contributed by atoms with van der Waals surface area (Å²) in [5.74, 6) is 2.62. The second-order valence-electron chi connectivity index (χ2n) is 6.10. The summed E-state index contributed by atoms with van der Waals surface area (Å²) < 4.78 is 7.43. The Morgan fingerprint density at radius 1 is 1.32 bits per heavy atom. The van der Waals surface area contributed by atoms with Gasteiger partial charge in [0.05, 0.1) is 12.3 Å². The highest BCUT2D eigenvalue weighted by molar-refractivity contribution is 5.29. The molecule has 2 unspecified atom stereocenters. The molecule has 1 aromatic rings. The molecule has 1 heterocycles. The average molecular weight is 265 g/mol. The van der Waals surface area contributed by atoms with Crippen LogP contribution in [0.5, 0.6) is 0 Å². The molecule has 1 aromatic heterocycles. The molecular formula is C15H27N3O. The number of methoxy groups -OCH3 is 1. The number of rotatable bonds is 5. The molecule has 0 spiro atoms. The van der Waals surface area contributed by atoms with Crippen molar-refractivity contribution >= 4 is 5.95 Å². The summed E-state index contributed by atoms with van der Waals surface area (Å²) in [4.78, 5) is 4.60. The Bertz CT molecular complexity index is 392. The van der Waals surface area contributed by atoms with Crippen LogP contribution in [-0.2, 0) is 4.74 Å². The van der Waals surface area contributed by atoms with E-state index >= 15 is 0 Å². The van der Waals surface area contributed by atoms with Crippen LogP contribution in [0, 0.1) is 18.8 Å². The number of anilines is 1. The molecule has 1 saturated carbocycles. The van der Waals surface area contributed by atoms with E-state index in [1.54, 1.807) is 7.11 Å². The number of hydrogen-bond acceptors (Lipinski definition) is 3. The summed E-state index contributed by atoms with van der Waals surface area (Å²) in [6.07, 6.45) is 6.07. The normalized spacial score (nSPS) is 27.5. The number of aromatic nitrogens is 2. The topological polar surface area (TPSA) is 39.1 Å². The monoisotopic (exact) mass is 265 g/mol. The predicted octanol–water partition coefficient (Wildman–Crippen LogP) is 3.25. The zero-order valence-corrected chi connectivity index (χ0v) is 12.6. The molecule has 0 saturated heterocycles. The van der Waals surface area contributed by atoms with Crippen molar-refractivity contribution < 1.29 is 4.74 Å². The predicted molar refractivity (Wildman–Crippen MR) is 78.5 cm³/mol. The molecule has 0 bridgehead atoms. The van der Waals surface area contributed by atoms with Crippen molar-refractivity contribution in [2.75, 3.05) is 25.6 Å². The van der Waals surface area contributed by atoms with E-state index < -0.39 is 0 Å². The van der Waals surface area contributed by atoms with Gasteiger partial charge in [-0.3, -0.25) is 0 Å². The van der Waals surface area contributed by atoms with Gasteiger partial charge in [0, 0.05) is 25.9 Å². The second kappa shape index (κ2) is 6.42. The van der Waals surface area contributed by atoms with E-state index in [0.29, 0.717) is 12.6 Å². The molecule has 1 fully saturated rings. The number of ether oxygens (including phenoxy) is 1. The third-order valence-corrected chi connectivity index (χ3v) is 3.99.